The van der Waals surface area contributed by atoms with Crippen molar-refractivity contribution in [3.8, 4) is 11.3 Å². The van der Waals surface area contributed by atoms with Gasteiger partial charge in [0.05, 0.1) is 11.9 Å². The SMILES string of the molecule is Fc1ccc(-c2c[nH]c3ncccc23)nc1. The number of pyridine rings is 2. The maximum atomic E-state index is 12.8. The van der Waals surface area contributed by atoms with Crippen molar-refractivity contribution in [1.29, 1.82) is 0 Å². The molecule has 3 heterocycles. The van der Waals surface area contributed by atoms with Crippen LogP contribution in [0, 0.1) is 5.82 Å². The average Bonchev–Trinajstić information content (AvgIpc) is 2.74. The molecule has 3 aromatic rings. The molecule has 0 unspecified atom stereocenters. The van der Waals surface area contributed by atoms with Gasteiger partial charge >= 0.3 is 0 Å². The van der Waals surface area contributed by atoms with Gasteiger partial charge < -0.3 is 4.98 Å². The molecule has 0 aromatic carbocycles. The highest BCUT2D eigenvalue weighted by Crippen LogP contribution is 2.25. The van der Waals surface area contributed by atoms with E-state index in [0.717, 1.165) is 22.3 Å². The van der Waals surface area contributed by atoms with Gasteiger partial charge in [0.2, 0.25) is 0 Å². The van der Waals surface area contributed by atoms with E-state index < -0.39 is 0 Å². The van der Waals surface area contributed by atoms with Gasteiger partial charge in [-0.2, -0.15) is 0 Å². The van der Waals surface area contributed by atoms with Crippen molar-refractivity contribution in [3.63, 3.8) is 0 Å². The van der Waals surface area contributed by atoms with Crippen LogP contribution in [-0.2, 0) is 0 Å². The Morgan fingerprint density at radius 3 is 2.88 bits per heavy atom. The molecule has 1 N–H and O–H groups in total. The summed E-state index contributed by atoms with van der Waals surface area (Å²) in [6.07, 6.45) is 4.77. The van der Waals surface area contributed by atoms with Crippen LogP contribution in [0.2, 0.25) is 0 Å². The third kappa shape index (κ3) is 1.35. The van der Waals surface area contributed by atoms with Crippen molar-refractivity contribution < 1.29 is 4.39 Å². The molecule has 0 aliphatic heterocycles. The molecular formula is C12H8FN3. The van der Waals surface area contributed by atoms with Gasteiger partial charge in [-0.25, -0.2) is 9.37 Å². The number of hydrogen-bond donors (Lipinski definition) is 1. The van der Waals surface area contributed by atoms with Gasteiger partial charge in [-0.1, -0.05) is 0 Å². The fourth-order valence-electron chi connectivity index (χ4n) is 1.70. The van der Waals surface area contributed by atoms with Crippen LogP contribution in [0.15, 0.2) is 42.9 Å². The van der Waals surface area contributed by atoms with Gasteiger partial charge in [0.1, 0.15) is 11.5 Å². The number of nitrogens with one attached hydrogen (secondary N) is 1. The maximum absolute atomic E-state index is 12.8. The predicted octanol–water partition coefficient (Wildman–Crippen LogP) is 2.76. The van der Waals surface area contributed by atoms with Crippen LogP contribution in [0.25, 0.3) is 22.3 Å². The Kier molecular flexibility index (Phi) is 1.93. The molecule has 16 heavy (non-hydrogen) atoms. The van der Waals surface area contributed by atoms with E-state index in [9.17, 15) is 4.39 Å². The molecule has 0 bridgehead atoms. The molecule has 3 nitrogen and oxygen atoms in total. The van der Waals surface area contributed by atoms with Crippen LogP contribution >= 0.6 is 0 Å². The van der Waals surface area contributed by atoms with Crippen molar-refractivity contribution in [2.45, 2.75) is 0 Å². The summed E-state index contributed by atoms with van der Waals surface area (Å²) in [6, 6.07) is 6.88. The van der Waals surface area contributed by atoms with Crippen LogP contribution in [0.4, 0.5) is 4.39 Å². The average molecular weight is 213 g/mol. The fourth-order valence-corrected chi connectivity index (χ4v) is 1.70. The molecule has 0 spiro atoms. The number of aromatic amines is 1. The fraction of sp³-hybridized carbons (Fsp3) is 0. The van der Waals surface area contributed by atoms with E-state index in [2.05, 4.69) is 15.0 Å². The Balaban J connectivity index is 2.22. The van der Waals surface area contributed by atoms with E-state index in [-0.39, 0.29) is 5.82 Å². The highest BCUT2D eigenvalue weighted by molar-refractivity contribution is 5.92. The Morgan fingerprint density at radius 2 is 2.06 bits per heavy atom. The highest BCUT2D eigenvalue weighted by atomic mass is 19.1. The molecule has 3 rings (SSSR count). The van der Waals surface area contributed by atoms with E-state index in [0.29, 0.717) is 0 Å². The molecule has 78 valence electrons. The number of hydrogen-bond acceptors (Lipinski definition) is 2. The van der Waals surface area contributed by atoms with Gasteiger partial charge in [-0.05, 0) is 24.3 Å². The van der Waals surface area contributed by atoms with Crippen molar-refractivity contribution >= 4 is 11.0 Å². The largest absolute Gasteiger partial charge is 0.345 e. The number of nitrogens with zero attached hydrogens (tertiary/aromatic N) is 2. The lowest BCUT2D eigenvalue weighted by Crippen LogP contribution is -1.83. The van der Waals surface area contributed by atoms with Crippen LogP contribution in [0.1, 0.15) is 0 Å². The Hall–Kier alpha value is -2.23. The standard InChI is InChI=1S/C12H8FN3/c13-8-3-4-11(15-6-8)10-7-16-12-9(10)2-1-5-14-12/h1-7H,(H,14,16). The minimum absolute atomic E-state index is 0.332. The lowest BCUT2D eigenvalue weighted by molar-refractivity contribution is 0.622. The van der Waals surface area contributed by atoms with Crippen molar-refractivity contribution in [3.05, 3.63) is 48.7 Å². The van der Waals surface area contributed by atoms with E-state index in [1.807, 2.05) is 18.3 Å². The Morgan fingerprint density at radius 1 is 1.12 bits per heavy atom. The van der Waals surface area contributed by atoms with E-state index in [1.54, 1.807) is 12.3 Å². The molecule has 0 radical (unpaired) electrons. The first-order valence-corrected chi connectivity index (χ1v) is 4.88. The Labute approximate surface area is 91.0 Å². The molecule has 0 atom stereocenters. The monoisotopic (exact) mass is 213 g/mol. The zero-order valence-electron chi connectivity index (χ0n) is 8.31. The van der Waals surface area contributed by atoms with Gasteiger partial charge in [0.25, 0.3) is 0 Å². The minimum atomic E-state index is -0.332. The van der Waals surface area contributed by atoms with Gasteiger partial charge in [-0.15, -0.1) is 0 Å². The number of halogens is 1. The molecule has 0 saturated heterocycles. The highest BCUT2D eigenvalue weighted by Gasteiger charge is 2.07. The second-order valence-electron chi connectivity index (χ2n) is 3.46. The van der Waals surface area contributed by atoms with Gasteiger partial charge in [0.15, 0.2) is 0 Å². The van der Waals surface area contributed by atoms with Crippen molar-refractivity contribution in [2.75, 3.05) is 0 Å². The molecule has 3 aromatic heterocycles. The summed E-state index contributed by atoms with van der Waals surface area (Å²) in [5.74, 6) is -0.332. The predicted molar refractivity (Wildman–Crippen MR) is 59.3 cm³/mol. The first kappa shape index (κ1) is 9.03. The third-order valence-corrected chi connectivity index (χ3v) is 2.45. The first-order valence-electron chi connectivity index (χ1n) is 4.88. The number of rotatable bonds is 1. The third-order valence-electron chi connectivity index (χ3n) is 2.45. The topological polar surface area (TPSA) is 41.6 Å². The summed E-state index contributed by atoms with van der Waals surface area (Å²) in [5.41, 5.74) is 2.48. The van der Waals surface area contributed by atoms with Crippen molar-refractivity contribution in [2.24, 2.45) is 0 Å². The Bertz CT molecular complexity index is 628. The van der Waals surface area contributed by atoms with E-state index in [1.165, 1.54) is 12.3 Å². The number of H-pyrrole nitrogens is 1. The molecule has 0 saturated carbocycles. The zero-order valence-corrected chi connectivity index (χ0v) is 8.31. The molecule has 0 aliphatic carbocycles. The molecule has 4 heteroatoms. The molecule has 0 fully saturated rings. The van der Waals surface area contributed by atoms with Crippen LogP contribution < -0.4 is 0 Å². The minimum Gasteiger partial charge on any atom is -0.345 e. The van der Waals surface area contributed by atoms with Crippen LogP contribution in [0.5, 0.6) is 0 Å². The summed E-state index contributed by atoms with van der Waals surface area (Å²) in [5, 5.41) is 0.988. The summed E-state index contributed by atoms with van der Waals surface area (Å²) in [6.45, 7) is 0. The normalized spacial score (nSPS) is 10.8. The quantitative estimate of drug-likeness (QED) is 0.675. The molecule has 0 aliphatic rings. The van der Waals surface area contributed by atoms with E-state index in [4.69, 9.17) is 0 Å². The maximum Gasteiger partial charge on any atom is 0.141 e. The summed E-state index contributed by atoms with van der Waals surface area (Å²) in [4.78, 5) is 11.3. The first-order chi connectivity index (χ1) is 7.84. The second-order valence-corrected chi connectivity index (χ2v) is 3.46. The second kappa shape index (κ2) is 3.41. The number of fused-ring (bicyclic) bond motifs is 1. The van der Waals surface area contributed by atoms with Gasteiger partial charge in [-0.3, -0.25) is 4.98 Å². The van der Waals surface area contributed by atoms with Crippen LogP contribution in [0.3, 0.4) is 0 Å². The smallest absolute Gasteiger partial charge is 0.141 e. The molecule has 0 amide bonds. The molecular weight excluding hydrogens is 205 g/mol. The summed E-state index contributed by atoms with van der Waals surface area (Å²) < 4.78 is 12.8. The van der Waals surface area contributed by atoms with Gasteiger partial charge in [0, 0.05) is 23.3 Å². The van der Waals surface area contributed by atoms with Crippen LogP contribution in [-0.4, -0.2) is 15.0 Å². The zero-order chi connectivity index (χ0) is 11.0. The summed E-state index contributed by atoms with van der Waals surface area (Å²) in [7, 11) is 0. The van der Waals surface area contributed by atoms with Crippen molar-refractivity contribution in [1.82, 2.24) is 15.0 Å². The van der Waals surface area contributed by atoms with E-state index >= 15 is 0 Å². The summed E-state index contributed by atoms with van der Waals surface area (Å²) >= 11 is 0. The lowest BCUT2D eigenvalue weighted by Gasteiger charge is -1.97. The number of aromatic nitrogens is 3. The lowest BCUT2D eigenvalue weighted by atomic mass is 10.1.